The third-order valence-corrected chi connectivity index (χ3v) is 3.05. The molecule has 0 amide bonds. The van der Waals surface area contributed by atoms with E-state index in [9.17, 15) is 4.79 Å². The Morgan fingerprint density at radius 3 is 2.47 bits per heavy atom. The van der Waals surface area contributed by atoms with Gasteiger partial charge in [-0.2, -0.15) is 5.26 Å². The summed E-state index contributed by atoms with van der Waals surface area (Å²) in [6, 6.07) is 11.1. The number of nitrogens with zero attached hydrogens (tertiary/aromatic N) is 2. The highest BCUT2D eigenvalue weighted by molar-refractivity contribution is 9.10. The van der Waals surface area contributed by atoms with Crippen LogP contribution < -0.4 is 5.56 Å². The van der Waals surface area contributed by atoms with E-state index in [2.05, 4.69) is 15.9 Å². The predicted molar refractivity (Wildman–Crippen MR) is 69.2 cm³/mol. The molecule has 0 N–H and O–H groups in total. The van der Waals surface area contributed by atoms with Gasteiger partial charge in [0.25, 0.3) is 5.56 Å². The summed E-state index contributed by atoms with van der Waals surface area (Å²) in [6.45, 7) is 1.76. The van der Waals surface area contributed by atoms with Crippen LogP contribution >= 0.6 is 15.9 Å². The van der Waals surface area contributed by atoms with Crippen LogP contribution in [0, 0.1) is 18.3 Å². The van der Waals surface area contributed by atoms with Crippen LogP contribution in [0.2, 0.25) is 0 Å². The van der Waals surface area contributed by atoms with Crippen LogP contribution in [0.5, 0.6) is 0 Å². The summed E-state index contributed by atoms with van der Waals surface area (Å²) in [5.74, 6) is 0. The zero-order chi connectivity index (χ0) is 12.4. The Hall–Kier alpha value is -1.86. The number of aromatic nitrogens is 1. The molecule has 84 valence electrons. The molecule has 0 saturated carbocycles. The standard InChI is InChI=1S/C13H9BrN2O/c1-9-6-7-16(13(17)12(9)8-15)11-4-2-10(14)3-5-11/h2-7H,1H3. The second-order valence-electron chi connectivity index (χ2n) is 3.64. The van der Waals surface area contributed by atoms with E-state index in [4.69, 9.17) is 5.26 Å². The van der Waals surface area contributed by atoms with E-state index in [0.717, 1.165) is 10.2 Å². The molecule has 2 rings (SSSR count). The second kappa shape index (κ2) is 4.56. The van der Waals surface area contributed by atoms with Crippen LogP contribution in [0.3, 0.4) is 0 Å². The largest absolute Gasteiger partial charge is 0.283 e. The van der Waals surface area contributed by atoms with E-state index in [1.54, 1.807) is 19.2 Å². The number of halogens is 1. The molecule has 0 unspecified atom stereocenters. The van der Waals surface area contributed by atoms with Gasteiger partial charge in [-0.1, -0.05) is 15.9 Å². The number of hydrogen-bond donors (Lipinski definition) is 0. The molecule has 3 nitrogen and oxygen atoms in total. The Labute approximate surface area is 107 Å². The zero-order valence-electron chi connectivity index (χ0n) is 9.14. The molecular formula is C13H9BrN2O. The average Bonchev–Trinajstić information content (AvgIpc) is 2.31. The highest BCUT2D eigenvalue weighted by Crippen LogP contribution is 2.13. The summed E-state index contributed by atoms with van der Waals surface area (Å²) in [4.78, 5) is 12.0. The van der Waals surface area contributed by atoms with E-state index in [1.165, 1.54) is 4.57 Å². The lowest BCUT2D eigenvalue weighted by molar-refractivity contribution is 0.972. The number of nitriles is 1. The van der Waals surface area contributed by atoms with Gasteiger partial charge in [0.05, 0.1) is 0 Å². The Morgan fingerprint density at radius 2 is 1.88 bits per heavy atom. The van der Waals surface area contributed by atoms with Gasteiger partial charge in [0.1, 0.15) is 11.6 Å². The van der Waals surface area contributed by atoms with Crippen molar-refractivity contribution in [2.24, 2.45) is 0 Å². The Kier molecular flexibility index (Phi) is 3.12. The summed E-state index contributed by atoms with van der Waals surface area (Å²) in [5, 5.41) is 8.94. The molecule has 0 radical (unpaired) electrons. The normalized spacial score (nSPS) is 9.94. The summed E-state index contributed by atoms with van der Waals surface area (Å²) < 4.78 is 2.42. The molecule has 17 heavy (non-hydrogen) atoms. The smallest absolute Gasteiger partial charge is 0.273 e. The van der Waals surface area contributed by atoms with E-state index in [-0.39, 0.29) is 11.1 Å². The first-order valence-electron chi connectivity index (χ1n) is 5.02. The summed E-state index contributed by atoms with van der Waals surface area (Å²) in [7, 11) is 0. The fourth-order valence-electron chi connectivity index (χ4n) is 1.57. The first-order valence-corrected chi connectivity index (χ1v) is 5.81. The van der Waals surface area contributed by atoms with Gasteiger partial charge in [0.2, 0.25) is 0 Å². The van der Waals surface area contributed by atoms with Crippen molar-refractivity contribution in [3.05, 3.63) is 62.5 Å². The van der Waals surface area contributed by atoms with Crippen LogP contribution in [-0.4, -0.2) is 4.57 Å². The molecule has 1 aromatic heterocycles. The molecule has 0 aliphatic rings. The van der Waals surface area contributed by atoms with Crippen LogP contribution in [0.4, 0.5) is 0 Å². The topological polar surface area (TPSA) is 45.8 Å². The van der Waals surface area contributed by atoms with Crippen LogP contribution in [0.1, 0.15) is 11.1 Å². The van der Waals surface area contributed by atoms with E-state index in [1.807, 2.05) is 30.3 Å². The van der Waals surface area contributed by atoms with Crippen molar-refractivity contribution in [1.82, 2.24) is 4.57 Å². The summed E-state index contributed by atoms with van der Waals surface area (Å²) in [6.07, 6.45) is 1.68. The number of pyridine rings is 1. The van der Waals surface area contributed by atoms with Gasteiger partial charge < -0.3 is 0 Å². The molecule has 2 aromatic rings. The van der Waals surface area contributed by atoms with E-state index < -0.39 is 0 Å². The van der Waals surface area contributed by atoms with Gasteiger partial charge in [-0.05, 0) is 42.8 Å². The van der Waals surface area contributed by atoms with Gasteiger partial charge in [0.15, 0.2) is 0 Å². The van der Waals surface area contributed by atoms with Crippen molar-refractivity contribution in [3.63, 3.8) is 0 Å². The molecular weight excluding hydrogens is 280 g/mol. The molecule has 1 heterocycles. The fraction of sp³-hybridized carbons (Fsp3) is 0.0769. The lowest BCUT2D eigenvalue weighted by atomic mass is 10.1. The molecule has 0 aliphatic carbocycles. The molecule has 1 aromatic carbocycles. The maximum atomic E-state index is 12.0. The van der Waals surface area contributed by atoms with Crippen LogP contribution in [-0.2, 0) is 0 Å². The summed E-state index contributed by atoms with van der Waals surface area (Å²) >= 11 is 3.34. The second-order valence-corrected chi connectivity index (χ2v) is 4.55. The number of benzene rings is 1. The third-order valence-electron chi connectivity index (χ3n) is 2.52. The molecule has 0 atom stereocenters. The Balaban J connectivity index is 2.66. The quantitative estimate of drug-likeness (QED) is 0.810. The molecule has 0 bridgehead atoms. The number of aryl methyl sites for hydroxylation is 1. The lowest BCUT2D eigenvalue weighted by Gasteiger charge is -2.07. The first kappa shape index (κ1) is 11.6. The predicted octanol–water partition coefficient (Wildman–Crippen LogP) is 2.78. The molecule has 0 spiro atoms. The molecule has 4 heteroatoms. The van der Waals surface area contributed by atoms with Crippen LogP contribution in [0.15, 0.2) is 45.8 Å². The number of rotatable bonds is 1. The van der Waals surface area contributed by atoms with Crippen molar-refractivity contribution in [2.45, 2.75) is 6.92 Å². The highest BCUT2D eigenvalue weighted by atomic mass is 79.9. The van der Waals surface area contributed by atoms with E-state index in [0.29, 0.717) is 5.56 Å². The molecule has 0 saturated heterocycles. The SMILES string of the molecule is Cc1ccn(-c2ccc(Br)cc2)c(=O)c1C#N. The zero-order valence-corrected chi connectivity index (χ0v) is 10.7. The minimum atomic E-state index is -0.283. The summed E-state index contributed by atoms with van der Waals surface area (Å²) in [5.41, 5.74) is 1.35. The van der Waals surface area contributed by atoms with Gasteiger partial charge in [0, 0.05) is 16.4 Å². The minimum absolute atomic E-state index is 0.190. The monoisotopic (exact) mass is 288 g/mol. The Bertz CT molecular complexity index is 651. The van der Waals surface area contributed by atoms with Crippen molar-refractivity contribution in [3.8, 4) is 11.8 Å². The maximum Gasteiger partial charge on any atom is 0.273 e. The van der Waals surface area contributed by atoms with Gasteiger partial charge in [-0.3, -0.25) is 9.36 Å². The number of hydrogen-bond acceptors (Lipinski definition) is 2. The Morgan fingerprint density at radius 1 is 1.24 bits per heavy atom. The average molecular weight is 289 g/mol. The third kappa shape index (κ3) is 2.15. The highest BCUT2D eigenvalue weighted by Gasteiger charge is 2.07. The van der Waals surface area contributed by atoms with E-state index >= 15 is 0 Å². The molecule has 0 fully saturated rings. The lowest BCUT2D eigenvalue weighted by Crippen LogP contribution is -2.21. The van der Waals surface area contributed by atoms with Crippen molar-refractivity contribution in [1.29, 1.82) is 5.26 Å². The maximum absolute atomic E-state index is 12.0. The van der Waals surface area contributed by atoms with Crippen molar-refractivity contribution < 1.29 is 0 Å². The van der Waals surface area contributed by atoms with Crippen molar-refractivity contribution in [2.75, 3.05) is 0 Å². The van der Waals surface area contributed by atoms with Gasteiger partial charge in [-0.25, -0.2) is 0 Å². The fourth-order valence-corrected chi connectivity index (χ4v) is 1.83. The van der Waals surface area contributed by atoms with Crippen molar-refractivity contribution >= 4 is 15.9 Å². The van der Waals surface area contributed by atoms with Gasteiger partial charge in [-0.15, -0.1) is 0 Å². The first-order chi connectivity index (χ1) is 8.13. The van der Waals surface area contributed by atoms with Crippen LogP contribution in [0.25, 0.3) is 5.69 Å². The van der Waals surface area contributed by atoms with Gasteiger partial charge >= 0.3 is 0 Å². The minimum Gasteiger partial charge on any atom is -0.283 e. The molecule has 0 aliphatic heterocycles.